The number of rotatable bonds is 5. The third kappa shape index (κ3) is 2.82. The quantitative estimate of drug-likeness (QED) is 0.530. The second-order valence-corrected chi connectivity index (χ2v) is 4.52. The fraction of sp³-hybridized carbons (Fsp3) is 0.833. The van der Waals surface area contributed by atoms with Crippen LogP contribution in [0.1, 0.15) is 32.6 Å². The number of likely N-dealkylation sites (tertiary alicyclic amines) is 1. The lowest BCUT2D eigenvalue weighted by molar-refractivity contribution is 0.318. The first-order chi connectivity index (χ1) is 6.90. The van der Waals surface area contributed by atoms with Crippen LogP contribution in [0.5, 0.6) is 0 Å². The summed E-state index contributed by atoms with van der Waals surface area (Å²) in [6.45, 7) is 5.85. The molecule has 0 spiro atoms. The van der Waals surface area contributed by atoms with E-state index < -0.39 is 0 Å². The first-order valence-electron chi connectivity index (χ1n) is 5.98. The second-order valence-electron chi connectivity index (χ2n) is 4.52. The van der Waals surface area contributed by atoms with Gasteiger partial charge in [-0.15, -0.1) is 0 Å². The normalized spacial score (nSPS) is 29.1. The highest BCUT2D eigenvalue weighted by Gasteiger charge is 2.33. The van der Waals surface area contributed by atoms with E-state index in [-0.39, 0.29) is 0 Å². The summed E-state index contributed by atoms with van der Waals surface area (Å²) in [7, 11) is 0. The lowest BCUT2D eigenvalue weighted by atomic mass is 10.2. The minimum Gasteiger partial charge on any atom is -0.312 e. The molecule has 0 bridgehead atoms. The van der Waals surface area contributed by atoms with Gasteiger partial charge in [-0.3, -0.25) is 4.90 Å². The summed E-state index contributed by atoms with van der Waals surface area (Å²) in [5.41, 5.74) is 0. The van der Waals surface area contributed by atoms with E-state index >= 15 is 0 Å². The van der Waals surface area contributed by atoms with Crippen molar-refractivity contribution in [1.29, 1.82) is 0 Å². The first-order valence-corrected chi connectivity index (χ1v) is 5.98. The molecule has 2 aliphatic rings. The summed E-state index contributed by atoms with van der Waals surface area (Å²) < 4.78 is 0. The maximum absolute atomic E-state index is 3.64. The van der Waals surface area contributed by atoms with Gasteiger partial charge >= 0.3 is 0 Å². The SMILES string of the molecule is C/C=C/CCNC1CCN(C2CC2)C1. The number of hydrogen-bond donors (Lipinski definition) is 1. The maximum Gasteiger partial charge on any atom is 0.0207 e. The van der Waals surface area contributed by atoms with Crippen molar-refractivity contribution in [3.05, 3.63) is 12.2 Å². The van der Waals surface area contributed by atoms with E-state index in [4.69, 9.17) is 0 Å². The molecule has 2 heteroatoms. The van der Waals surface area contributed by atoms with E-state index in [1.165, 1.54) is 38.8 Å². The Bertz CT molecular complexity index is 196. The summed E-state index contributed by atoms with van der Waals surface area (Å²) in [6, 6.07) is 1.72. The van der Waals surface area contributed by atoms with Gasteiger partial charge in [-0.25, -0.2) is 0 Å². The Balaban J connectivity index is 1.58. The van der Waals surface area contributed by atoms with E-state index in [1.54, 1.807) is 0 Å². The average molecular weight is 194 g/mol. The molecule has 0 amide bonds. The molecule has 0 aromatic rings. The number of nitrogens with one attached hydrogen (secondary N) is 1. The summed E-state index contributed by atoms with van der Waals surface area (Å²) in [6.07, 6.45) is 9.80. The molecule has 2 fully saturated rings. The molecule has 1 saturated carbocycles. The van der Waals surface area contributed by atoms with Crippen molar-refractivity contribution in [2.24, 2.45) is 0 Å². The Hall–Kier alpha value is -0.340. The third-order valence-electron chi connectivity index (χ3n) is 3.26. The summed E-state index contributed by atoms with van der Waals surface area (Å²) >= 11 is 0. The fourth-order valence-electron chi connectivity index (χ4n) is 2.26. The molecule has 1 aliphatic carbocycles. The number of allylic oxidation sites excluding steroid dienone is 1. The van der Waals surface area contributed by atoms with Gasteiger partial charge in [-0.2, -0.15) is 0 Å². The Morgan fingerprint density at radius 3 is 2.93 bits per heavy atom. The fourth-order valence-corrected chi connectivity index (χ4v) is 2.26. The molecule has 1 saturated heterocycles. The van der Waals surface area contributed by atoms with Crippen molar-refractivity contribution >= 4 is 0 Å². The molecule has 1 N–H and O–H groups in total. The van der Waals surface area contributed by atoms with Crippen molar-refractivity contribution in [3.63, 3.8) is 0 Å². The van der Waals surface area contributed by atoms with Crippen LogP contribution >= 0.6 is 0 Å². The van der Waals surface area contributed by atoms with Crippen LogP contribution in [0.3, 0.4) is 0 Å². The molecule has 14 heavy (non-hydrogen) atoms. The minimum absolute atomic E-state index is 0.765. The predicted molar refractivity (Wildman–Crippen MR) is 60.4 cm³/mol. The highest BCUT2D eigenvalue weighted by atomic mass is 15.2. The van der Waals surface area contributed by atoms with Crippen LogP contribution in [-0.4, -0.2) is 36.6 Å². The van der Waals surface area contributed by atoms with E-state index in [9.17, 15) is 0 Å². The van der Waals surface area contributed by atoms with Crippen molar-refractivity contribution < 1.29 is 0 Å². The average Bonchev–Trinajstić information content (AvgIpc) is 2.94. The molecule has 1 unspecified atom stereocenters. The van der Waals surface area contributed by atoms with Crippen LogP contribution < -0.4 is 5.32 Å². The molecule has 0 aromatic heterocycles. The van der Waals surface area contributed by atoms with Gasteiger partial charge in [0.05, 0.1) is 0 Å². The minimum atomic E-state index is 0.765. The van der Waals surface area contributed by atoms with Crippen LogP contribution in [0.25, 0.3) is 0 Å². The summed E-state index contributed by atoms with van der Waals surface area (Å²) in [5.74, 6) is 0. The van der Waals surface area contributed by atoms with Gasteiger partial charge in [0.2, 0.25) is 0 Å². The Morgan fingerprint density at radius 1 is 1.36 bits per heavy atom. The molecule has 1 aliphatic heterocycles. The second kappa shape index (κ2) is 4.94. The largest absolute Gasteiger partial charge is 0.312 e. The van der Waals surface area contributed by atoms with Crippen LogP contribution in [0.2, 0.25) is 0 Å². The van der Waals surface area contributed by atoms with E-state index in [2.05, 4.69) is 29.3 Å². The Labute approximate surface area is 87.4 Å². The van der Waals surface area contributed by atoms with Gasteiger partial charge in [0.1, 0.15) is 0 Å². The van der Waals surface area contributed by atoms with Gasteiger partial charge in [-0.05, 0) is 39.2 Å². The molecule has 2 nitrogen and oxygen atoms in total. The van der Waals surface area contributed by atoms with E-state index in [0.29, 0.717) is 0 Å². The first kappa shape index (κ1) is 10.2. The van der Waals surface area contributed by atoms with Crippen molar-refractivity contribution in [1.82, 2.24) is 10.2 Å². The van der Waals surface area contributed by atoms with Crippen LogP contribution in [-0.2, 0) is 0 Å². The summed E-state index contributed by atoms with van der Waals surface area (Å²) in [5, 5.41) is 3.64. The highest BCUT2D eigenvalue weighted by Crippen LogP contribution is 2.29. The Morgan fingerprint density at radius 2 is 2.21 bits per heavy atom. The highest BCUT2D eigenvalue weighted by molar-refractivity contribution is 4.92. The predicted octanol–water partition coefficient (Wildman–Crippen LogP) is 1.78. The molecule has 0 radical (unpaired) electrons. The van der Waals surface area contributed by atoms with Crippen LogP contribution in [0.15, 0.2) is 12.2 Å². The topological polar surface area (TPSA) is 15.3 Å². The molecular formula is C12H22N2. The smallest absolute Gasteiger partial charge is 0.0207 e. The van der Waals surface area contributed by atoms with Gasteiger partial charge in [0, 0.05) is 25.2 Å². The molecule has 80 valence electrons. The zero-order valence-corrected chi connectivity index (χ0v) is 9.21. The van der Waals surface area contributed by atoms with Gasteiger partial charge in [0.15, 0.2) is 0 Å². The van der Waals surface area contributed by atoms with Gasteiger partial charge < -0.3 is 5.32 Å². The Kier molecular flexibility index (Phi) is 3.60. The van der Waals surface area contributed by atoms with Crippen LogP contribution in [0.4, 0.5) is 0 Å². The molecular weight excluding hydrogens is 172 g/mol. The zero-order valence-electron chi connectivity index (χ0n) is 9.21. The molecule has 1 heterocycles. The van der Waals surface area contributed by atoms with Crippen molar-refractivity contribution in [2.45, 2.75) is 44.7 Å². The lowest BCUT2D eigenvalue weighted by Crippen LogP contribution is -2.33. The van der Waals surface area contributed by atoms with Crippen molar-refractivity contribution in [2.75, 3.05) is 19.6 Å². The monoisotopic (exact) mass is 194 g/mol. The molecule has 0 aromatic carbocycles. The summed E-state index contributed by atoms with van der Waals surface area (Å²) in [4.78, 5) is 2.66. The third-order valence-corrected chi connectivity index (χ3v) is 3.26. The lowest BCUT2D eigenvalue weighted by Gasteiger charge is -2.15. The van der Waals surface area contributed by atoms with Crippen molar-refractivity contribution in [3.8, 4) is 0 Å². The molecule has 1 atom stereocenters. The van der Waals surface area contributed by atoms with Gasteiger partial charge in [0.25, 0.3) is 0 Å². The van der Waals surface area contributed by atoms with E-state index in [0.717, 1.165) is 18.6 Å². The molecule has 2 rings (SSSR count). The standard InChI is InChI=1S/C12H22N2/c1-2-3-4-8-13-11-7-9-14(10-11)12-5-6-12/h2-3,11-13H,4-10H2,1H3/b3-2+. The van der Waals surface area contributed by atoms with E-state index in [1.807, 2.05) is 0 Å². The zero-order chi connectivity index (χ0) is 9.80. The van der Waals surface area contributed by atoms with Gasteiger partial charge in [-0.1, -0.05) is 12.2 Å². The van der Waals surface area contributed by atoms with Crippen LogP contribution in [0, 0.1) is 0 Å². The number of nitrogens with zero attached hydrogens (tertiary/aromatic N) is 1. The number of hydrogen-bond acceptors (Lipinski definition) is 2. The maximum atomic E-state index is 3.64.